The smallest absolute Gasteiger partial charge is 0.187 e. The zero-order chi connectivity index (χ0) is 20.8. The molecule has 30 heavy (non-hydrogen) atoms. The summed E-state index contributed by atoms with van der Waals surface area (Å²) in [5, 5.41) is 1.44. The van der Waals surface area contributed by atoms with Gasteiger partial charge in [0.1, 0.15) is 6.10 Å². The molecule has 2 heterocycles. The van der Waals surface area contributed by atoms with Crippen LogP contribution in [0.5, 0.6) is 0 Å². The molecule has 1 aromatic heterocycles. The normalized spacial score (nSPS) is 21.2. The van der Waals surface area contributed by atoms with Crippen molar-refractivity contribution in [1.29, 1.82) is 0 Å². The number of nitrogens with zero attached hydrogens (tertiary/aromatic N) is 2. The average Bonchev–Trinajstić information content (AvgIpc) is 3.40. The Morgan fingerprint density at radius 2 is 1.97 bits per heavy atom. The molecule has 1 aliphatic rings. The van der Waals surface area contributed by atoms with E-state index >= 15 is 0 Å². The summed E-state index contributed by atoms with van der Waals surface area (Å²) in [5.41, 5.74) is 2.15. The van der Waals surface area contributed by atoms with Crippen molar-refractivity contribution in [3.05, 3.63) is 88.4 Å². The van der Waals surface area contributed by atoms with Gasteiger partial charge in [-0.1, -0.05) is 53.5 Å². The quantitative estimate of drug-likeness (QED) is 0.455. The molecule has 5 nitrogen and oxygen atoms in total. The first-order valence-corrected chi connectivity index (χ1v) is 10.7. The number of hydrogen-bond donors (Lipinski definition) is 0. The fourth-order valence-electron chi connectivity index (χ4n) is 3.55. The lowest BCUT2D eigenvalue weighted by Gasteiger charge is -2.28. The summed E-state index contributed by atoms with van der Waals surface area (Å²) in [6, 6.07) is 15.6. The molecule has 158 valence electrons. The summed E-state index contributed by atoms with van der Waals surface area (Å²) >= 11 is 12.2. The van der Waals surface area contributed by atoms with E-state index in [0.717, 1.165) is 17.0 Å². The van der Waals surface area contributed by atoms with Crippen LogP contribution in [0.2, 0.25) is 10.0 Å². The Kier molecular flexibility index (Phi) is 7.08. The van der Waals surface area contributed by atoms with E-state index in [-0.39, 0.29) is 6.10 Å². The highest BCUT2D eigenvalue weighted by atomic mass is 35.5. The minimum Gasteiger partial charge on any atom is -0.374 e. The highest BCUT2D eigenvalue weighted by Gasteiger charge is 2.41. The molecule has 2 unspecified atom stereocenters. The van der Waals surface area contributed by atoms with Crippen LogP contribution < -0.4 is 0 Å². The first-order chi connectivity index (χ1) is 14.6. The third-order valence-corrected chi connectivity index (χ3v) is 5.74. The second kappa shape index (κ2) is 9.94. The van der Waals surface area contributed by atoms with Crippen molar-refractivity contribution in [2.24, 2.45) is 0 Å². The lowest BCUT2D eigenvalue weighted by molar-refractivity contribution is -0.187. The second-order valence-electron chi connectivity index (χ2n) is 7.43. The number of halogens is 2. The first-order valence-electron chi connectivity index (χ1n) is 9.95. The SMILES string of the molecule is Clc1ccc(CCC2(Cn3ccnc3)OCC(COCc3ccccc3Cl)O2)cc1. The van der Waals surface area contributed by atoms with E-state index in [0.29, 0.717) is 37.8 Å². The molecule has 0 radical (unpaired) electrons. The van der Waals surface area contributed by atoms with E-state index in [1.165, 1.54) is 5.56 Å². The summed E-state index contributed by atoms with van der Waals surface area (Å²) in [6.07, 6.45) is 6.84. The number of ether oxygens (including phenoxy) is 3. The lowest BCUT2D eigenvalue weighted by atomic mass is 10.0. The molecule has 7 heteroatoms. The molecule has 1 aliphatic heterocycles. The summed E-state index contributed by atoms with van der Waals surface area (Å²) < 4.78 is 20.4. The molecule has 4 rings (SSSR count). The Balaban J connectivity index is 1.36. The van der Waals surface area contributed by atoms with Crippen molar-refractivity contribution in [2.75, 3.05) is 13.2 Å². The molecule has 0 amide bonds. The van der Waals surface area contributed by atoms with Crippen molar-refractivity contribution in [3.8, 4) is 0 Å². The van der Waals surface area contributed by atoms with Crippen LogP contribution in [0.4, 0.5) is 0 Å². The lowest BCUT2D eigenvalue weighted by Crippen LogP contribution is -2.37. The van der Waals surface area contributed by atoms with Crippen LogP contribution in [0.15, 0.2) is 67.3 Å². The van der Waals surface area contributed by atoms with Crippen LogP contribution >= 0.6 is 23.2 Å². The second-order valence-corrected chi connectivity index (χ2v) is 8.27. The topological polar surface area (TPSA) is 45.5 Å². The van der Waals surface area contributed by atoms with E-state index in [9.17, 15) is 0 Å². The van der Waals surface area contributed by atoms with E-state index in [1.54, 1.807) is 12.5 Å². The zero-order valence-electron chi connectivity index (χ0n) is 16.5. The highest BCUT2D eigenvalue weighted by Crippen LogP contribution is 2.31. The van der Waals surface area contributed by atoms with Crippen molar-refractivity contribution >= 4 is 23.2 Å². The van der Waals surface area contributed by atoms with Gasteiger partial charge in [0.15, 0.2) is 5.79 Å². The van der Waals surface area contributed by atoms with Gasteiger partial charge in [-0.25, -0.2) is 4.98 Å². The molecule has 0 aliphatic carbocycles. The maximum Gasteiger partial charge on any atom is 0.187 e. The van der Waals surface area contributed by atoms with Crippen molar-refractivity contribution < 1.29 is 14.2 Å². The van der Waals surface area contributed by atoms with Crippen LogP contribution in [0, 0.1) is 0 Å². The van der Waals surface area contributed by atoms with Gasteiger partial charge in [0.2, 0.25) is 0 Å². The van der Waals surface area contributed by atoms with Gasteiger partial charge < -0.3 is 18.8 Å². The maximum atomic E-state index is 6.38. The third kappa shape index (κ3) is 5.62. The summed E-state index contributed by atoms with van der Waals surface area (Å²) in [6.45, 7) is 1.94. The zero-order valence-corrected chi connectivity index (χ0v) is 18.1. The molecular weight excluding hydrogens is 423 g/mol. The molecule has 2 atom stereocenters. The predicted octanol–water partition coefficient (Wildman–Crippen LogP) is 5.15. The number of imidazole rings is 1. The average molecular weight is 447 g/mol. The maximum absolute atomic E-state index is 6.38. The van der Waals surface area contributed by atoms with Gasteiger partial charge in [-0.2, -0.15) is 0 Å². The Hall–Kier alpha value is -1.89. The summed E-state index contributed by atoms with van der Waals surface area (Å²) in [7, 11) is 0. The molecule has 0 spiro atoms. The van der Waals surface area contributed by atoms with E-state index in [4.69, 9.17) is 37.4 Å². The van der Waals surface area contributed by atoms with E-state index in [1.807, 2.05) is 59.3 Å². The third-order valence-electron chi connectivity index (χ3n) is 5.12. The Morgan fingerprint density at radius 3 is 2.73 bits per heavy atom. The van der Waals surface area contributed by atoms with Crippen LogP contribution in [-0.4, -0.2) is 34.7 Å². The Labute approximate surface area is 186 Å². The number of rotatable bonds is 9. The van der Waals surface area contributed by atoms with Gasteiger partial charge in [-0.15, -0.1) is 0 Å². The van der Waals surface area contributed by atoms with Gasteiger partial charge in [0.25, 0.3) is 0 Å². The molecular formula is C23H24Cl2N2O3. The number of aromatic nitrogens is 2. The Morgan fingerprint density at radius 1 is 1.13 bits per heavy atom. The van der Waals surface area contributed by atoms with Gasteiger partial charge in [-0.05, 0) is 35.7 Å². The standard InChI is InChI=1S/C23H24Cl2N2O3/c24-20-7-5-18(6-8-20)9-10-23(16-27-12-11-26-17-27)29-15-21(30-23)14-28-13-19-3-1-2-4-22(19)25/h1-8,11-12,17,21H,9-10,13-16H2. The fourth-order valence-corrected chi connectivity index (χ4v) is 3.87. The van der Waals surface area contributed by atoms with E-state index < -0.39 is 5.79 Å². The Bertz CT molecular complexity index is 934. The van der Waals surface area contributed by atoms with Crippen molar-refractivity contribution in [2.45, 2.75) is 37.9 Å². The highest BCUT2D eigenvalue weighted by molar-refractivity contribution is 6.31. The van der Waals surface area contributed by atoms with Crippen LogP contribution in [0.3, 0.4) is 0 Å². The minimum atomic E-state index is -0.723. The molecule has 1 fully saturated rings. The largest absolute Gasteiger partial charge is 0.374 e. The summed E-state index contributed by atoms with van der Waals surface area (Å²) in [5.74, 6) is -0.723. The summed E-state index contributed by atoms with van der Waals surface area (Å²) in [4.78, 5) is 4.13. The van der Waals surface area contributed by atoms with Crippen molar-refractivity contribution in [3.63, 3.8) is 0 Å². The van der Waals surface area contributed by atoms with Gasteiger partial charge in [0, 0.05) is 28.9 Å². The number of hydrogen-bond acceptors (Lipinski definition) is 4. The molecule has 2 aromatic carbocycles. The molecule has 0 N–H and O–H groups in total. The molecule has 3 aromatic rings. The predicted molar refractivity (Wildman–Crippen MR) is 117 cm³/mol. The van der Waals surface area contributed by atoms with Crippen LogP contribution in [-0.2, 0) is 33.8 Å². The fraction of sp³-hybridized carbons (Fsp3) is 0.348. The van der Waals surface area contributed by atoms with Crippen LogP contribution in [0.25, 0.3) is 0 Å². The number of benzene rings is 2. The minimum absolute atomic E-state index is 0.138. The first kappa shape index (κ1) is 21.3. The molecule has 0 bridgehead atoms. The van der Waals surface area contributed by atoms with Crippen LogP contribution in [0.1, 0.15) is 17.5 Å². The number of aryl methyl sites for hydroxylation is 1. The van der Waals surface area contributed by atoms with E-state index in [2.05, 4.69) is 4.98 Å². The van der Waals surface area contributed by atoms with Crippen molar-refractivity contribution in [1.82, 2.24) is 9.55 Å². The van der Waals surface area contributed by atoms with Gasteiger partial charge >= 0.3 is 0 Å². The van der Waals surface area contributed by atoms with Gasteiger partial charge in [0.05, 0.1) is 32.7 Å². The molecule has 0 saturated carbocycles. The monoisotopic (exact) mass is 446 g/mol. The van der Waals surface area contributed by atoms with Gasteiger partial charge in [-0.3, -0.25) is 0 Å². The molecule has 1 saturated heterocycles.